The number of unbranched alkanes of at least 4 members (excludes halogenated alkanes) is 1. The fraction of sp³-hybridized carbons (Fsp3) is 0.643. The largest absolute Gasteiger partial charge is 0.477 e. The van der Waals surface area contributed by atoms with Gasteiger partial charge in [0.05, 0.1) is 6.61 Å². The van der Waals surface area contributed by atoms with E-state index >= 15 is 0 Å². The average molecular weight is 275 g/mol. The molecule has 19 heavy (non-hydrogen) atoms. The zero-order chi connectivity index (χ0) is 14.3. The van der Waals surface area contributed by atoms with Crippen LogP contribution in [0, 0.1) is 5.92 Å². The maximum Gasteiger partial charge on any atom is 0.433 e. The summed E-state index contributed by atoms with van der Waals surface area (Å²) in [7, 11) is 0. The van der Waals surface area contributed by atoms with Gasteiger partial charge in [-0.2, -0.15) is 13.2 Å². The smallest absolute Gasteiger partial charge is 0.433 e. The van der Waals surface area contributed by atoms with Crippen LogP contribution in [0.15, 0.2) is 18.2 Å². The highest BCUT2D eigenvalue weighted by molar-refractivity contribution is 5.17. The molecule has 0 radical (unpaired) electrons. The van der Waals surface area contributed by atoms with Crippen LogP contribution in [0.1, 0.15) is 45.2 Å². The molecule has 0 fully saturated rings. The Kier molecular flexibility index (Phi) is 6.12. The lowest BCUT2D eigenvalue weighted by Crippen LogP contribution is -2.13. The van der Waals surface area contributed by atoms with Crippen molar-refractivity contribution in [1.82, 2.24) is 4.98 Å². The minimum absolute atomic E-state index is 0.0461. The van der Waals surface area contributed by atoms with E-state index in [1.54, 1.807) is 0 Å². The van der Waals surface area contributed by atoms with Gasteiger partial charge in [0.2, 0.25) is 5.88 Å². The molecule has 1 aromatic rings. The highest BCUT2D eigenvalue weighted by Crippen LogP contribution is 2.28. The van der Waals surface area contributed by atoms with E-state index in [1.807, 2.05) is 0 Å². The van der Waals surface area contributed by atoms with Crippen molar-refractivity contribution in [2.75, 3.05) is 6.61 Å². The summed E-state index contributed by atoms with van der Waals surface area (Å²) in [6.07, 6.45) is -0.215. The number of nitrogens with zero attached hydrogens (tertiary/aromatic N) is 1. The van der Waals surface area contributed by atoms with Crippen LogP contribution in [0.2, 0.25) is 0 Å². The number of alkyl halides is 3. The lowest BCUT2D eigenvalue weighted by molar-refractivity contribution is -0.141. The Hall–Kier alpha value is -1.26. The van der Waals surface area contributed by atoms with Gasteiger partial charge in [0.25, 0.3) is 0 Å². The van der Waals surface area contributed by atoms with Crippen LogP contribution in [0.5, 0.6) is 5.88 Å². The average Bonchev–Trinajstić information content (AvgIpc) is 2.38. The molecule has 0 saturated carbocycles. The molecule has 0 N–H and O–H groups in total. The molecule has 0 aromatic carbocycles. The van der Waals surface area contributed by atoms with E-state index in [2.05, 4.69) is 18.8 Å². The fourth-order valence-electron chi connectivity index (χ4n) is 1.75. The number of aromatic nitrogens is 1. The quantitative estimate of drug-likeness (QED) is 0.719. The lowest BCUT2D eigenvalue weighted by Gasteiger charge is -2.15. The molecule has 5 heteroatoms. The van der Waals surface area contributed by atoms with Crippen LogP contribution >= 0.6 is 0 Å². The van der Waals surface area contributed by atoms with Crippen molar-refractivity contribution in [1.29, 1.82) is 0 Å². The van der Waals surface area contributed by atoms with E-state index in [0.717, 1.165) is 31.7 Å². The zero-order valence-electron chi connectivity index (χ0n) is 11.3. The van der Waals surface area contributed by atoms with E-state index < -0.39 is 11.9 Å². The third kappa shape index (κ3) is 5.49. The highest BCUT2D eigenvalue weighted by atomic mass is 19.4. The molecule has 0 amide bonds. The fourth-order valence-corrected chi connectivity index (χ4v) is 1.75. The van der Waals surface area contributed by atoms with E-state index in [-0.39, 0.29) is 5.88 Å². The molecular formula is C14H20F3NO. The van der Waals surface area contributed by atoms with Gasteiger partial charge >= 0.3 is 6.18 Å². The molecule has 0 saturated heterocycles. The Bertz CT molecular complexity index is 379. The zero-order valence-corrected chi connectivity index (χ0v) is 11.3. The molecule has 1 aromatic heterocycles. The van der Waals surface area contributed by atoms with E-state index in [0.29, 0.717) is 12.5 Å². The molecule has 0 aliphatic rings. The Morgan fingerprint density at radius 1 is 1.26 bits per heavy atom. The third-order valence-electron chi connectivity index (χ3n) is 3.02. The number of ether oxygens (including phenoxy) is 1. The Morgan fingerprint density at radius 3 is 2.58 bits per heavy atom. The standard InChI is InChI=1S/C14H20F3NO/c1-3-5-7-11(4-2)10-19-13-9-6-8-12(18-13)14(15,16)17/h6,8-9,11H,3-5,7,10H2,1-2H3. The second-order valence-corrected chi connectivity index (χ2v) is 4.59. The first-order valence-electron chi connectivity index (χ1n) is 6.64. The van der Waals surface area contributed by atoms with Crippen molar-refractivity contribution in [3.63, 3.8) is 0 Å². The van der Waals surface area contributed by atoms with Gasteiger partial charge in [-0.1, -0.05) is 39.2 Å². The number of hydrogen-bond acceptors (Lipinski definition) is 2. The van der Waals surface area contributed by atoms with E-state index in [4.69, 9.17) is 4.74 Å². The summed E-state index contributed by atoms with van der Waals surface area (Å²) >= 11 is 0. The molecule has 1 unspecified atom stereocenters. The first-order chi connectivity index (χ1) is 8.97. The van der Waals surface area contributed by atoms with Gasteiger partial charge in [-0.25, -0.2) is 4.98 Å². The normalized spacial score (nSPS) is 13.3. The predicted molar refractivity (Wildman–Crippen MR) is 68.0 cm³/mol. The summed E-state index contributed by atoms with van der Waals surface area (Å²) in [5.74, 6) is 0.418. The van der Waals surface area contributed by atoms with Crippen LogP contribution in [0.3, 0.4) is 0 Å². The minimum atomic E-state index is -4.42. The predicted octanol–water partition coefficient (Wildman–Crippen LogP) is 4.70. The number of halogens is 3. The summed E-state index contributed by atoms with van der Waals surface area (Å²) in [5, 5.41) is 0. The molecule has 0 aliphatic carbocycles. The summed E-state index contributed by atoms with van der Waals surface area (Å²) < 4.78 is 42.8. The van der Waals surface area contributed by atoms with Crippen LogP contribution in [-0.4, -0.2) is 11.6 Å². The van der Waals surface area contributed by atoms with Gasteiger partial charge in [0.1, 0.15) is 5.69 Å². The number of pyridine rings is 1. The van der Waals surface area contributed by atoms with Crippen LogP contribution in [0.25, 0.3) is 0 Å². The van der Waals surface area contributed by atoms with Crippen molar-refractivity contribution in [2.45, 2.75) is 45.7 Å². The van der Waals surface area contributed by atoms with Crippen molar-refractivity contribution >= 4 is 0 Å². The minimum Gasteiger partial charge on any atom is -0.477 e. The van der Waals surface area contributed by atoms with Gasteiger partial charge in [-0.3, -0.25) is 0 Å². The summed E-state index contributed by atoms with van der Waals surface area (Å²) in [6.45, 7) is 4.59. The topological polar surface area (TPSA) is 22.1 Å². The maximum atomic E-state index is 12.5. The molecule has 108 valence electrons. The molecule has 0 bridgehead atoms. The highest BCUT2D eigenvalue weighted by Gasteiger charge is 2.32. The first-order valence-corrected chi connectivity index (χ1v) is 6.64. The van der Waals surface area contributed by atoms with Gasteiger partial charge < -0.3 is 4.74 Å². The molecule has 0 aliphatic heterocycles. The monoisotopic (exact) mass is 275 g/mol. The summed E-state index contributed by atoms with van der Waals surface area (Å²) in [5.41, 5.74) is -0.911. The molecule has 0 spiro atoms. The molecular weight excluding hydrogens is 255 g/mol. The van der Waals surface area contributed by atoms with Gasteiger partial charge in [0, 0.05) is 6.07 Å². The van der Waals surface area contributed by atoms with Crippen molar-refractivity contribution in [2.24, 2.45) is 5.92 Å². The van der Waals surface area contributed by atoms with Crippen LogP contribution < -0.4 is 4.74 Å². The molecule has 1 heterocycles. The number of hydrogen-bond donors (Lipinski definition) is 0. The first kappa shape index (κ1) is 15.8. The van der Waals surface area contributed by atoms with Gasteiger partial charge in [0.15, 0.2) is 0 Å². The van der Waals surface area contributed by atoms with E-state index in [1.165, 1.54) is 12.1 Å². The SMILES string of the molecule is CCCCC(CC)COc1cccc(C(F)(F)F)n1. The van der Waals surface area contributed by atoms with Crippen LogP contribution in [0.4, 0.5) is 13.2 Å². The third-order valence-corrected chi connectivity index (χ3v) is 3.02. The molecule has 2 nitrogen and oxygen atoms in total. The maximum absolute atomic E-state index is 12.5. The number of rotatable bonds is 7. The van der Waals surface area contributed by atoms with Gasteiger partial charge in [-0.05, 0) is 18.4 Å². The Morgan fingerprint density at radius 2 is 2.00 bits per heavy atom. The second kappa shape index (κ2) is 7.36. The molecule has 1 rings (SSSR count). The Balaban J connectivity index is 2.57. The van der Waals surface area contributed by atoms with Crippen LogP contribution in [-0.2, 0) is 6.18 Å². The van der Waals surface area contributed by atoms with Crippen molar-refractivity contribution in [3.8, 4) is 5.88 Å². The van der Waals surface area contributed by atoms with Crippen molar-refractivity contribution < 1.29 is 17.9 Å². The summed E-state index contributed by atoms with van der Waals surface area (Å²) in [6, 6.07) is 3.72. The Labute approximate surface area is 112 Å². The second-order valence-electron chi connectivity index (χ2n) is 4.59. The molecule has 1 atom stereocenters. The van der Waals surface area contributed by atoms with Gasteiger partial charge in [-0.15, -0.1) is 0 Å². The lowest BCUT2D eigenvalue weighted by atomic mass is 10.0. The summed E-state index contributed by atoms with van der Waals surface area (Å²) in [4.78, 5) is 3.48. The van der Waals surface area contributed by atoms with Crippen molar-refractivity contribution in [3.05, 3.63) is 23.9 Å². The van der Waals surface area contributed by atoms with E-state index in [9.17, 15) is 13.2 Å².